The maximum Gasteiger partial charge on any atom is 0.158 e. The molecule has 1 saturated heterocycles. The van der Waals surface area contributed by atoms with E-state index in [9.17, 15) is 0 Å². The lowest BCUT2D eigenvalue weighted by molar-refractivity contribution is -0.168. The van der Waals surface area contributed by atoms with Crippen LogP contribution in [-0.4, -0.2) is 44.3 Å². The Labute approximate surface area is 325 Å². The first kappa shape index (κ1) is 42.4. The fourth-order valence-corrected chi connectivity index (χ4v) is 6.25. The van der Waals surface area contributed by atoms with Crippen LogP contribution in [0.25, 0.3) is 22.5 Å². The number of nitrogens with zero attached hydrogens (tertiary/aromatic N) is 1. The van der Waals surface area contributed by atoms with Gasteiger partial charge in [-0.15, -0.1) is 26.3 Å². The second kappa shape index (κ2) is 25.6. The van der Waals surface area contributed by atoms with Crippen molar-refractivity contribution in [1.29, 1.82) is 0 Å². The molecule has 2 heterocycles. The molecule has 0 bridgehead atoms. The van der Waals surface area contributed by atoms with E-state index in [1.807, 2.05) is 60.7 Å². The van der Waals surface area contributed by atoms with Gasteiger partial charge in [0.05, 0.1) is 55.5 Å². The minimum absolute atomic E-state index is 0.203. The van der Waals surface area contributed by atoms with Crippen LogP contribution in [0, 0.1) is 0 Å². The molecule has 7 nitrogen and oxygen atoms in total. The third kappa shape index (κ3) is 14.5. The van der Waals surface area contributed by atoms with E-state index in [-0.39, 0.29) is 6.29 Å². The summed E-state index contributed by atoms with van der Waals surface area (Å²) in [7, 11) is 0. The smallest absolute Gasteiger partial charge is 0.158 e. The van der Waals surface area contributed by atoms with Gasteiger partial charge in [0.2, 0.25) is 0 Å². The zero-order valence-corrected chi connectivity index (χ0v) is 32.6. The Morgan fingerprint density at radius 1 is 0.574 bits per heavy atom. The van der Waals surface area contributed by atoms with Gasteiger partial charge in [-0.2, -0.15) is 0 Å². The van der Waals surface area contributed by atoms with Gasteiger partial charge in [0.1, 0.15) is 23.0 Å². The molecule has 0 saturated carbocycles. The van der Waals surface area contributed by atoms with E-state index in [0.717, 1.165) is 154 Å². The first-order valence-electron chi connectivity index (χ1n) is 20.1. The molecule has 1 aliphatic rings. The van der Waals surface area contributed by atoms with Crippen LogP contribution >= 0.6 is 0 Å². The first-order valence-corrected chi connectivity index (χ1v) is 20.1. The number of benzene rings is 2. The molecule has 54 heavy (non-hydrogen) atoms. The number of hydrogen-bond donors (Lipinski definition) is 0. The maximum absolute atomic E-state index is 6.60. The Morgan fingerprint density at radius 3 is 1.46 bits per heavy atom. The van der Waals surface area contributed by atoms with Crippen LogP contribution in [-0.2, 0) is 16.1 Å². The number of rotatable bonds is 29. The predicted molar refractivity (Wildman–Crippen MR) is 222 cm³/mol. The number of ether oxygens (including phenoxy) is 6. The molecule has 292 valence electrons. The van der Waals surface area contributed by atoms with Crippen molar-refractivity contribution in [3.8, 4) is 45.5 Å². The van der Waals surface area contributed by atoms with E-state index in [0.29, 0.717) is 33.0 Å². The first-order chi connectivity index (χ1) is 26.7. The van der Waals surface area contributed by atoms with Gasteiger partial charge >= 0.3 is 0 Å². The third-order valence-electron chi connectivity index (χ3n) is 9.19. The molecule has 1 aliphatic heterocycles. The van der Waals surface area contributed by atoms with E-state index in [1.165, 1.54) is 0 Å². The third-order valence-corrected chi connectivity index (χ3v) is 9.19. The molecule has 2 aromatic carbocycles. The maximum atomic E-state index is 6.60. The molecule has 1 fully saturated rings. The lowest BCUT2D eigenvalue weighted by Crippen LogP contribution is -2.22. The Hall–Kier alpha value is -4.33. The SMILES string of the molecule is C=CCCCCOc1cccc(OCCCCC=C)c1-c1cccc(-c2c(OCCCCC=C)cc(COC3CCCCO3)cc2OCCCCC=C)n1. The van der Waals surface area contributed by atoms with Gasteiger partial charge in [0, 0.05) is 6.61 Å². The highest BCUT2D eigenvalue weighted by Crippen LogP contribution is 2.43. The zero-order valence-electron chi connectivity index (χ0n) is 32.6. The number of unbranched alkanes of at least 4 members (excludes halogenated alkanes) is 8. The largest absolute Gasteiger partial charge is 0.493 e. The number of pyridine rings is 1. The molecule has 1 unspecified atom stereocenters. The fraction of sp³-hybridized carbons (Fsp3) is 0.468. The van der Waals surface area contributed by atoms with Crippen molar-refractivity contribution in [2.24, 2.45) is 0 Å². The molecular weight excluding hydrogens is 675 g/mol. The van der Waals surface area contributed by atoms with Crippen LogP contribution < -0.4 is 18.9 Å². The Kier molecular flexibility index (Phi) is 20.1. The van der Waals surface area contributed by atoms with Gasteiger partial charge in [-0.25, -0.2) is 4.98 Å². The van der Waals surface area contributed by atoms with Crippen LogP contribution in [0.2, 0.25) is 0 Å². The fourth-order valence-electron chi connectivity index (χ4n) is 6.25. The van der Waals surface area contributed by atoms with Crippen LogP contribution in [0.5, 0.6) is 23.0 Å². The summed E-state index contributed by atoms with van der Waals surface area (Å²) in [6, 6.07) is 16.2. The minimum atomic E-state index is -0.203. The normalized spacial score (nSPS) is 13.9. The van der Waals surface area contributed by atoms with E-state index in [4.69, 9.17) is 33.4 Å². The topological polar surface area (TPSA) is 68.3 Å². The van der Waals surface area contributed by atoms with E-state index in [1.54, 1.807) is 0 Å². The zero-order chi connectivity index (χ0) is 38.1. The monoisotopic (exact) mass is 737 g/mol. The van der Waals surface area contributed by atoms with Crippen molar-refractivity contribution in [3.05, 3.63) is 105 Å². The highest BCUT2D eigenvalue weighted by Gasteiger charge is 2.22. The van der Waals surface area contributed by atoms with Crippen LogP contribution in [0.3, 0.4) is 0 Å². The van der Waals surface area contributed by atoms with E-state index in [2.05, 4.69) is 38.4 Å². The van der Waals surface area contributed by atoms with E-state index < -0.39 is 0 Å². The van der Waals surface area contributed by atoms with Gasteiger partial charge in [0.15, 0.2) is 6.29 Å². The van der Waals surface area contributed by atoms with Gasteiger partial charge in [-0.1, -0.05) is 36.4 Å². The number of hydrogen-bond acceptors (Lipinski definition) is 7. The standard InChI is InChI=1S/C47H63NO6/c1-5-9-13-18-30-49-41-27-24-28-42(50-31-19-14-10-6-2)46(41)39-25-23-26-40(48-39)47-43(51-32-20-15-11-7-3)35-38(37-54-45-29-17-22-34-53-45)36-44(47)52-33-21-16-12-8-4/h5-8,23-28,35-36,45H,1-4,9-22,29-34,37H2. The summed E-state index contributed by atoms with van der Waals surface area (Å²) in [6.45, 7) is 18.9. The molecule has 1 atom stereocenters. The molecule has 4 rings (SSSR count). The highest BCUT2D eigenvalue weighted by atomic mass is 16.7. The van der Waals surface area contributed by atoms with Crippen molar-refractivity contribution in [2.75, 3.05) is 33.0 Å². The van der Waals surface area contributed by atoms with Crippen LogP contribution in [0.1, 0.15) is 102 Å². The molecule has 0 amide bonds. The van der Waals surface area contributed by atoms with Gasteiger partial charge in [-0.3, -0.25) is 0 Å². The van der Waals surface area contributed by atoms with Gasteiger partial charge in [-0.05, 0) is 138 Å². The Balaban J connectivity index is 1.74. The summed E-state index contributed by atoms with van der Waals surface area (Å²) in [5.74, 6) is 2.93. The minimum Gasteiger partial charge on any atom is -0.493 e. The van der Waals surface area contributed by atoms with E-state index >= 15 is 0 Å². The average Bonchev–Trinajstić information content (AvgIpc) is 3.20. The van der Waals surface area contributed by atoms with Crippen LogP contribution in [0.15, 0.2) is 99.2 Å². The highest BCUT2D eigenvalue weighted by molar-refractivity contribution is 5.80. The van der Waals surface area contributed by atoms with Gasteiger partial charge in [0.25, 0.3) is 0 Å². The summed E-state index contributed by atoms with van der Waals surface area (Å²) in [4.78, 5) is 5.31. The molecule has 0 radical (unpaired) electrons. The molecule has 3 aromatic rings. The summed E-state index contributed by atoms with van der Waals surface area (Å²) in [5, 5.41) is 0. The van der Waals surface area contributed by atoms with Crippen molar-refractivity contribution >= 4 is 0 Å². The molecular formula is C47H63NO6. The van der Waals surface area contributed by atoms with Crippen molar-refractivity contribution in [3.63, 3.8) is 0 Å². The number of allylic oxidation sites excluding steroid dienone is 4. The molecule has 7 heteroatoms. The molecule has 0 aliphatic carbocycles. The van der Waals surface area contributed by atoms with Crippen molar-refractivity contribution in [1.82, 2.24) is 4.98 Å². The van der Waals surface area contributed by atoms with Crippen molar-refractivity contribution in [2.45, 2.75) is 109 Å². The lowest BCUT2D eigenvalue weighted by atomic mass is 10.0. The molecule has 0 spiro atoms. The summed E-state index contributed by atoms with van der Waals surface area (Å²) < 4.78 is 38.2. The Morgan fingerprint density at radius 2 is 1.02 bits per heavy atom. The summed E-state index contributed by atoms with van der Waals surface area (Å²) in [5.41, 5.74) is 4.12. The lowest BCUT2D eigenvalue weighted by Gasteiger charge is -2.23. The van der Waals surface area contributed by atoms with Crippen molar-refractivity contribution < 1.29 is 28.4 Å². The summed E-state index contributed by atoms with van der Waals surface area (Å²) in [6.07, 6.45) is 22.2. The van der Waals surface area contributed by atoms with Gasteiger partial charge < -0.3 is 28.4 Å². The molecule has 1 aromatic heterocycles. The number of aromatic nitrogens is 1. The quantitative estimate of drug-likeness (QED) is 0.0519. The second-order valence-electron chi connectivity index (χ2n) is 13.6. The Bertz CT molecular complexity index is 1490. The predicted octanol–water partition coefficient (Wildman–Crippen LogP) is 12.4. The average molecular weight is 738 g/mol. The molecule has 0 N–H and O–H groups in total. The summed E-state index contributed by atoms with van der Waals surface area (Å²) >= 11 is 0. The second-order valence-corrected chi connectivity index (χ2v) is 13.6. The van der Waals surface area contributed by atoms with Crippen LogP contribution in [0.4, 0.5) is 0 Å².